The van der Waals surface area contributed by atoms with Crippen LogP contribution in [0.5, 0.6) is 0 Å². The summed E-state index contributed by atoms with van der Waals surface area (Å²) in [5.41, 5.74) is 0. The zero-order valence-corrected chi connectivity index (χ0v) is 19.2. The Bertz CT molecular complexity index is 324. The van der Waals surface area contributed by atoms with Gasteiger partial charge in [-0.25, -0.2) is 0 Å². The number of hydrogen-bond donors (Lipinski definition) is 3. The molecule has 0 aliphatic carbocycles. The molecule has 0 bridgehead atoms. The van der Waals surface area contributed by atoms with Crippen molar-refractivity contribution in [2.45, 2.75) is 116 Å². The van der Waals surface area contributed by atoms with Gasteiger partial charge >= 0.3 is 0 Å². The Morgan fingerprint density at radius 3 is 1.07 bits per heavy atom. The van der Waals surface area contributed by atoms with E-state index >= 15 is 0 Å². The molecule has 27 heavy (non-hydrogen) atoms. The van der Waals surface area contributed by atoms with E-state index in [1.165, 1.54) is 96.3 Å². The summed E-state index contributed by atoms with van der Waals surface area (Å²) < 4.78 is 12.5. The number of hydrogen-bond acceptors (Lipinski definition) is 3. The van der Waals surface area contributed by atoms with Gasteiger partial charge in [0.1, 0.15) is 0 Å². The van der Waals surface area contributed by atoms with Crippen molar-refractivity contribution >= 4 is 9.93 Å². The monoisotopic (exact) mass is 406 g/mol. The molecule has 0 aliphatic heterocycles. The van der Waals surface area contributed by atoms with E-state index in [0.29, 0.717) is 17.3 Å². The van der Waals surface area contributed by atoms with Gasteiger partial charge < -0.3 is 10.2 Å². The third-order valence-corrected chi connectivity index (χ3v) is 8.85. The molecular weight excluding hydrogens is 356 g/mol. The van der Waals surface area contributed by atoms with Crippen LogP contribution in [-0.2, 0) is 9.93 Å². The lowest BCUT2D eigenvalue weighted by atomic mass is 10.0. The largest absolute Gasteiger partial charge is 0.395 e. The topological polar surface area (TPSA) is 57.5 Å². The van der Waals surface area contributed by atoms with E-state index in [1.54, 1.807) is 0 Å². The van der Waals surface area contributed by atoms with Gasteiger partial charge in [0.2, 0.25) is 0 Å². The van der Waals surface area contributed by atoms with E-state index in [1.807, 2.05) is 0 Å². The van der Waals surface area contributed by atoms with Crippen LogP contribution in [0.15, 0.2) is 0 Å². The number of aliphatic hydroxyl groups excluding tert-OH is 2. The molecule has 0 aliphatic rings. The molecule has 2 N–H and O–H groups in total. The van der Waals surface area contributed by atoms with Gasteiger partial charge in [-0.3, -0.25) is 4.21 Å². The Morgan fingerprint density at radius 2 is 0.778 bits per heavy atom. The maximum absolute atomic E-state index is 12.5. The molecule has 0 saturated carbocycles. The van der Waals surface area contributed by atoms with Crippen LogP contribution in [0.3, 0.4) is 0 Å². The summed E-state index contributed by atoms with van der Waals surface area (Å²) in [7, 11) is -2.31. The Kier molecular flexibility index (Phi) is 20.8. The van der Waals surface area contributed by atoms with Crippen LogP contribution in [0.4, 0.5) is 0 Å². The van der Waals surface area contributed by atoms with Crippen molar-refractivity contribution in [3.63, 3.8) is 0 Å². The minimum absolute atomic E-state index is 0.0176. The third kappa shape index (κ3) is 19.2. The molecule has 0 aromatic rings. The summed E-state index contributed by atoms with van der Waals surface area (Å²) in [6, 6.07) is 0. The van der Waals surface area contributed by atoms with Gasteiger partial charge in [0.05, 0.1) is 13.2 Å². The first-order valence-electron chi connectivity index (χ1n) is 12.0. The normalized spacial score (nSPS) is 12.6. The lowest BCUT2D eigenvalue weighted by Crippen LogP contribution is -2.28. The SMILES string of the molecule is CCCCCCCCCCCCCCCCCCC[SH](=O)(CCO)CCO. The van der Waals surface area contributed by atoms with Crippen molar-refractivity contribution in [1.82, 2.24) is 0 Å². The highest BCUT2D eigenvalue weighted by molar-refractivity contribution is 8.03. The van der Waals surface area contributed by atoms with Gasteiger partial charge in [-0.15, -0.1) is 0 Å². The van der Waals surface area contributed by atoms with E-state index in [0.717, 1.165) is 12.8 Å². The average molecular weight is 407 g/mol. The second-order valence-corrected chi connectivity index (χ2v) is 11.8. The van der Waals surface area contributed by atoms with Gasteiger partial charge in [0.15, 0.2) is 0 Å². The number of thiol groups is 1. The number of unbranched alkanes of at least 4 members (excludes halogenated alkanes) is 16. The van der Waals surface area contributed by atoms with Gasteiger partial charge in [-0.2, -0.15) is 0 Å². The molecule has 0 rings (SSSR count). The van der Waals surface area contributed by atoms with Crippen molar-refractivity contribution in [2.24, 2.45) is 0 Å². The zero-order chi connectivity index (χ0) is 20.1. The minimum atomic E-state index is -2.31. The fourth-order valence-corrected chi connectivity index (χ4v) is 6.02. The van der Waals surface area contributed by atoms with E-state index in [-0.39, 0.29) is 13.2 Å². The Labute approximate surface area is 171 Å². The van der Waals surface area contributed by atoms with Crippen LogP contribution in [0, 0.1) is 0 Å². The lowest BCUT2D eigenvalue weighted by Gasteiger charge is -2.21. The van der Waals surface area contributed by atoms with Crippen LogP contribution < -0.4 is 0 Å². The summed E-state index contributed by atoms with van der Waals surface area (Å²) in [5, 5.41) is 18.0. The molecule has 0 amide bonds. The molecule has 0 saturated heterocycles. The summed E-state index contributed by atoms with van der Waals surface area (Å²) in [4.78, 5) is 0. The Morgan fingerprint density at radius 1 is 0.481 bits per heavy atom. The highest BCUT2D eigenvalue weighted by Gasteiger charge is 2.13. The second kappa shape index (κ2) is 20.8. The van der Waals surface area contributed by atoms with Gasteiger partial charge in [0, 0.05) is 17.3 Å². The molecule has 4 heteroatoms. The van der Waals surface area contributed by atoms with Gasteiger partial charge in [0.25, 0.3) is 0 Å². The van der Waals surface area contributed by atoms with E-state index in [2.05, 4.69) is 6.92 Å². The molecule has 0 aromatic heterocycles. The van der Waals surface area contributed by atoms with Crippen LogP contribution >= 0.6 is 0 Å². The molecule has 166 valence electrons. The third-order valence-electron chi connectivity index (χ3n) is 5.68. The van der Waals surface area contributed by atoms with E-state index < -0.39 is 9.93 Å². The first-order chi connectivity index (χ1) is 13.2. The standard InChI is InChI=1S/C23H50O3S/c1-2-3-4-5-6-7-8-9-10-11-12-13-14-15-16-17-18-21-27(26,22-19-24)23-20-25/h24-25,27H,2-23H2,1H3. The summed E-state index contributed by atoms with van der Waals surface area (Å²) in [5.74, 6) is 1.46. The van der Waals surface area contributed by atoms with Crippen molar-refractivity contribution < 1.29 is 14.4 Å². The first-order valence-corrected chi connectivity index (χ1v) is 14.2. The highest BCUT2D eigenvalue weighted by atomic mass is 32.2. The van der Waals surface area contributed by atoms with Crippen LogP contribution in [0.1, 0.15) is 116 Å². The molecule has 0 radical (unpaired) electrons. The van der Waals surface area contributed by atoms with Crippen molar-refractivity contribution in [3.8, 4) is 0 Å². The molecule has 0 aromatic carbocycles. The highest BCUT2D eigenvalue weighted by Crippen LogP contribution is 2.15. The van der Waals surface area contributed by atoms with Gasteiger partial charge in [-0.05, 0) is 6.42 Å². The molecule has 0 atom stereocenters. The molecular formula is C23H50O3S. The van der Waals surface area contributed by atoms with Crippen molar-refractivity contribution in [3.05, 3.63) is 0 Å². The Balaban J connectivity index is 3.26. The maximum atomic E-state index is 12.5. The molecule has 0 spiro atoms. The van der Waals surface area contributed by atoms with Crippen LogP contribution in [-0.4, -0.2) is 44.9 Å². The fourth-order valence-electron chi connectivity index (χ4n) is 3.82. The summed E-state index contributed by atoms with van der Waals surface area (Å²) >= 11 is 0. The quantitative estimate of drug-likeness (QED) is 0.161. The van der Waals surface area contributed by atoms with E-state index in [9.17, 15) is 4.21 Å². The minimum Gasteiger partial charge on any atom is -0.395 e. The molecule has 0 unspecified atom stereocenters. The summed E-state index contributed by atoms with van der Waals surface area (Å²) in [6.45, 7) is 2.24. The van der Waals surface area contributed by atoms with Crippen molar-refractivity contribution in [2.75, 3.05) is 30.5 Å². The summed E-state index contributed by atoms with van der Waals surface area (Å²) in [6.07, 6.45) is 22.9. The fraction of sp³-hybridized carbons (Fsp3) is 1.00. The predicted octanol–water partition coefficient (Wildman–Crippen LogP) is 5.64. The molecule has 0 fully saturated rings. The first kappa shape index (κ1) is 27.1. The number of aliphatic hydroxyl groups is 2. The second-order valence-electron chi connectivity index (χ2n) is 8.33. The Hall–Kier alpha value is 0.0700. The molecule has 0 heterocycles. The van der Waals surface area contributed by atoms with Crippen molar-refractivity contribution in [1.29, 1.82) is 0 Å². The van der Waals surface area contributed by atoms with E-state index in [4.69, 9.17) is 10.2 Å². The predicted molar refractivity (Wildman–Crippen MR) is 122 cm³/mol. The zero-order valence-electron chi connectivity index (χ0n) is 18.3. The van der Waals surface area contributed by atoms with Gasteiger partial charge in [-0.1, -0.05) is 120 Å². The average Bonchev–Trinajstić information content (AvgIpc) is 2.64. The number of rotatable bonds is 22. The molecule has 3 nitrogen and oxygen atoms in total. The lowest BCUT2D eigenvalue weighted by molar-refractivity contribution is 0.314. The van der Waals surface area contributed by atoms with Crippen LogP contribution in [0.25, 0.3) is 0 Å². The maximum Gasteiger partial charge on any atom is 0.0527 e. The van der Waals surface area contributed by atoms with Crippen LogP contribution in [0.2, 0.25) is 0 Å². The smallest absolute Gasteiger partial charge is 0.0527 e.